The van der Waals surface area contributed by atoms with Crippen LogP contribution in [-0.4, -0.2) is 40.7 Å². The zero-order valence-electron chi connectivity index (χ0n) is 16.2. The first-order chi connectivity index (χ1) is 13.0. The van der Waals surface area contributed by atoms with E-state index in [4.69, 9.17) is 9.47 Å². The van der Waals surface area contributed by atoms with Gasteiger partial charge in [-0.25, -0.2) is 9.37 Å². The van der Waals surface area contributed by atoms with Crippen molar-refractivity contribution in [1.29, 1.82) is 0 Å². The number of halogens is 1. The molecule has 1 atom stereocenters. The number of hydrogen-bond donors (Lipinski definition) is 0. The summed E-state index contributed by atoms with van der Waals surface area (Å²) in [6.07, 6.45) is 2.74. The van der Waals surface area contributed by atoms with Gasteiger partial charge in [0.25, 0.3) is 0 Å². The molecule has 5 nitrogen and oxygen atoms in total. The molecule has 0 aromatic carbocycles. The Balaban J connectivity index is 1.39. The third-order valence-corrected chi connectivity index (χ3v) is 5.43. The van der Waals surface area contributed by atoms with Crippen LogP contribution < -0.4 is 9.47 Å². The maximum absolute atomic E-state index is 14.5. The van der Waals surface area contributed by atoms with E-state index in [1.54, 1.807) is 6.07 Å². The fourth-order valence-corrected chi connectivity index (χ4v) is 3.99. The van der Waals surface area contributed by atoms with Crippen molar-refractivity contribution < 1.29 is 13.9 Å². The molecular weight excluding hydrogens is 345 g/mol. The molecule has 6 heteroatoms. The van der Waals surface area contributed by atoms with Gasteiger partial charge in [-0.05, 0) is 39.7 Å². The summed E-state index contributed by atoms with van der Waals surface area (Å²) in [7, 11) is 0. The number of rotatable bonds is 4. The zero-order valence-corrected chi connectivity index (χ0v) is 16.2. The molecule has 2 aliphatic heterocycles. The predicted octanol–water partition coefficient (Wildman–Crippen LogP) is 3.77. The van der Waals surface area contributed by atoms with Crippen LogP contribution in [0.4, 0.5) is 4.39 Å². The van der Waals surface area contributed by atoms with Crippen LogP contribution in [0.2, 0.25) is 0 Å². The molecule has 144 valence electrons. The van der Waals surface area contributed by atoms with Crippen molar-refractivity contribution in [2.75, 3.05) is 19.7 Å². The molecule has 2 aromatic heterocycles. The fourth-order valence-electron chi connectivity index (χ4n) is 3.99. The van der Waals surface area contributed by atoms with E-state index in [0.29, 0.717) is 18.2 Å². The van der Waals surface area contributed by atoms with Crippen LogP contribution in [0.25, 0.3) is 0 Å². The van der Waals surface area contributed by atoms with E-state index in [9.17, 15) is 4.39 Å². The molecule has 0 saturated carbocycles. The lowest BCUT2D eigenvalue weighted by molar-refractivity contribution is 0.0773. The van der Waals surface area contributed by atoms with Gasteiger partial charge in [-0.2, -0.15) is 0 Å². The van der Waals surface area contributed by atoms with Crippen LogP contribution >= 0.6 is 0 Å². The molecule has 1 saturated heterocycles. The van der Waals surface area contributed by atoms with Gasteiger partial charge in [-0.3, -0.25) is 9.88 Å². The first kappa shape index (κ1) is 18.2. The second kappa shape index (κ2) is 7.43. The molecule has 0 N–H and O–H groups in total. The van der Waals surface area contributed by atoms with Gasteiger partial charge in [0.05, 0.1) is 18.3 Å². The van der Waals surface area contributed by atoms with Crippen LogP contribution in [0.15, 0.2) is 18.2 Å². The predicted molar refractivity (Wildman–Crippen MR) is 101 cm³/mol. The minimum absolute atomic E-state index is 0.0779. The van der Waals surface area contributed by atoms with Crippen molar-refractivity contribution in [1.82, 2.24) is 14.9 Å². The summed E-state index contributed by atoms with van der Waals surface area (Å²) in [5, 5.41) is 0. The number of pyridine rings is 2. The SMILES string of the molecule is Cc1cc(OC2CCN([C@@H](C)c3nc4c(cc3F)CCO4)CC2)cc(C)n1. The molecule has 0 bridgehead atoms. The second-order valence-corrected chi connectivity index (χ2v) is 7.53. The average molecular weight is 371 g/mol. The van der Waals surface area contributed by atoms with Crippen LogP contribution in [0.5, 0.6) is 11.6 Å². The summed E-state index contributed by atoms with van der Waals surface area (Å²) in [4.78, 5) is 11.1. The van der Waals surface area contributed by atoms with Crippen molar-refractivity contribution in [3.05, 3.63) is 46.7 Å². The molecular formula is C21H26FN3O2. The molecule has 2 aromatic rings. The fraction of sp³-hybridized carbons (Fsp3) is 0.524. The first-order valence-corrected chi connectivity index (χ1v) is 9.67. The van der Waals surface area contributed by atoms with Crippen molar-refractivity contribution >= 4 is 0 Å². The van der Waals surface area contributed by atoms with E-state index >= 15 is 0 Å². The van der Waals surface area contributed by atoms with Gasteiger partial charge >= 0.3 is 0 Å². The maximum atomic E-state index is 14.5. The van der Waals surface area contributed by atoms with E-state index in [0.717, 1.165) is 55.1 Å². The molecule has 0 radical (unpaired) electrons. The summed E-state index contributed by atoms with van der Waals surface area (Å²) in [5.41, 5.74) is 3.29. The lowest BCUT2D eigenvalue weighted by Crippen LogP contribution is -2.40. The number of hydrogen-bond acceptors (Lipinski definition) is 5. The lowest BCUT2D eigenvalue weighted by atomic mass is 10.0. The first-order valence-electron chi connectivity index (χ1n) is 9.67. The minimum Gasteiger partial charge on any atom is -0.490 e. The molecule has 4 rings (SSSR count). The molecule has 1 fully saturated rings. The number of piperidine rings is 1. The van der Waals surface area contributed by atoms with Crippen LogP contribution in [0.3, 0.4) is 0 Å². The van der Waals surface area contributed by atoms with Gasteiger partial charge in [0.15, 0.2) is 0 Å². The summed E-state index contributed by atoms with van der Waals surface area (Å²) in [6, 6.07) is 5.47. The van der Waals surface area contributed by atoms with Gasteiger partial charge in [0, 0.05) is 48.6 Å². The Morgan fingerprint density at radius 2 is 1.85 bits per heavy atom. The Morgan fingerprint density at radius 1 is 1.15 bits per heavy atom. The molecule has 27 heavy (non-hydrogen) atoms. The zero-order chi connectivity index (χ0) is 19.0. The van der Waals surface area contributed by atoms with Gasteiger partial charge in [0.1, 0.15) is 17.7 Å². The number of aromatic nitrogens is 2. The lowest BCUT2D eigenvalue weighted by Gasteiger charge is -2.36. The average Bonchev–Trinajstić information content (AvgIpc) is 3.07. The highest BCUT2D eigenvalue weighted by Crippen LogP contribution is 2.31. The maximum Gasteiger partial charge on any atom is 0.217 e. The largest absolute Gasteiger partial charge is 0.490 e. The van der Waals surface area contributed by atoms with E-state index < -0.39 is 0 Å². The highest BCUT2D eigenvalue weighted by Gasteiger charge is 2.28. The third kappa shape index (κ3) is 3.90. The normalized spacial score (nSPS) is 18.8. The van der Waals surface area contributed by atoms with Crippen LogP contribution in [0.1, 0.15) is 48.5 Å². The number of ether oxygens (including phenoxy) is 2. The smallest absolute Gasteiger partial charge is 0.217 e. The van der Waals surface area contributed by atoms with E-state index in [1.165, 1.54) is 0 Å². The molecule has 4 heterocycles. The number of aryl methyl sites for hydroxylation is 2. The second-order valence-electron chi connectivity index (χ2n) is 7.53. The highest BCUT2D eigenvalue weighted by molar-refractivity contribution is 5.33. The Morgan fingerprint density at radius 3 is 2.56 bits per heavy atom. The van der Waals surface area contributed by atoms with E-state index in [2.05, 4.69) is 14.9 Å². The summed E-state index contributed by atoms with van der Waals surface area (Å²) in [5.74, 6) is 1.25. The molecule has 0 aliphatic carbocycles. The van der Waals surface area contributed by atoms with Crippen LogP contribution in [-0.2, 0) is 6.42 Å². The van der Waals surface area contributed by atoms with Crippen molar-refractivity contribution in [2.24, 2.45) is 0 Å². The van der Waals surface area contributed by atoms with Crippen LogP contribution in [0, 0.1) is 19.7 Å². The number of fused-ring (bicyclic) bond motifs is 1. The Labute approximate surface area is 159 Å². The Kier molecular flexibility index (Phi) is 5.00. The van der Waals surface area contributed by atoms with Gasteiger partial charge in [-0.15, -0.1) is 0 Å². The molecule has 2 aliphatic rings. The van der Waals surface area contributed by atoms with Gasteiger partial charge < -0.3 is 9.47 Å². The quantitative estimate of drug-likeness (QED) is 0.819. The molecule has 0 spiro atoms. The van der Waals surface area contributed by atoms with Gasteiger partial charge in [-0.1, -0.05) is 0 Å². The van der Waals surface area contributed by atoms with Gasteiger partial charge in [0.2, 0.25) is 5.88 Å². The van der Waals surface area contributed by atoms with Crippen molar-refractivity contribution in [3.8, 4) is 11.6 Å². The number of nitrogens with zero attached hydrogens (tertiary/aromatic N) is 3. The minimum atomic E-state index is -0.229. The Hall–Kier alpha value is -2.21. The topological polar surface area (TPSA) is 47.5 Å². The summed E-state index contributed by atoms with van der Waals surface area (Å²) in [6.45, 7) is 8.28. The summed E-state index contributed by atoms with van der Waals surface area (Å²) >= 11 is 0. The monoisotopic (exact) mass is 371 g/mol. The molecule has 0 unspecified atom stereocenters. The summed E-state index contributed by atoms with van der Waals surface area (Å²) < 4.78 is 26.2. The van der Waals surface area contributed by atoms with E-state index in [1.807, 2.05) is 32.9 Å². The van der Waals surface area contributed by atoms with E-state index in [-0.39, 0.29) is 18.0 Å². The highest BCUT2D eigenvalue weighted by atomic mass is 19.1. The molecule has 0 amide bonds. The Bertz CT molecular complexity index is 814. The standard InChI is InChI=1S/C21H26FN3O2/c1-13-10-18(11-14(2)23-13)27-17-4-7-25(8-5-17)15(3)20-19(22)12-16-6-9-26-21(16)24-20/h10-12,15,17H,4-9H2,1-3H3/t15-/m0/s1. The van der Waals surface area contributed by atoms with Crippen molar-refractivity contribution in [3.63, 3.8) is 0 Å². The van der Waals surface area contributed by atoms with Crippen molar-refractivity contribution in [2.45, 2.75) is 52.2 Å². The third-order valence-electron chi connectivity index (χ3n) is 5.43. The number of likely N-dealkylation sites (tertiary alicyclic amines) is 1.